The Kier molecular flexibility index (Phi) is 1.71. The molecule has 2 aromatic heterocycles. The van der Waals surface area contributed by atoms with Gasteiger partial charge in [-0.15, -0.1) is 0 Å². The summed E-state index contributed by atoms with van der Waals surface area (Å²) in [5.74, 6) is 0. The third-order valence-electron chi connectivity index (χ3n) is 2.67. The van der Waals surface area contributed by atoms with E-state index in [0.717, 1.165) is 16.4 Å². The van der Waals surface area contributed by atoms with Gasteiger partial charge in [-0.2, -0.15) is 0 Å². The van der Waals surface area contributed by atoms with Crippen LogP contribution < -0.4 is 5.46 Å². The van der Waals surface area contributed by atoms with Gasteiger partial charge in [-0.25, -0.2) is 0 Å². The van der Waals surface area contributed by atoms with E-state index in [4.69, 9.17) is 0 Å². The number of hydrogen-bond acceptors (Lipinski definition) is 2. The van der Waals surface area contributed by atoms with Gasteiger partial charge in [0.05, 0.1) is 11.0 Å². The van der Waals surface area contributed by atoms with Crippen molar-refractivity contribution >= 4 is 35.1 Å². The lowest BCUT2D eigenvalue weighted by Gasteiger charge is -2.04. The van der Waals surface area contributed by atoms with Gasteiger partial charge < -0.3 is 0 Å². The maximum atomic E-state index is 4.41. The van der Waals surface area contributed by atoms with Crippen molar-refractivity contribution in [1.82, 2.24) is 9.97 Å². The molecule has 0 amide bonds. The van der Waals surface area contributed by atoms with Crippen LogP contribution in [0.5, 0.6) is 0 Å². The molecule has 2 nitrogen and oxygen atoms in total. The Labute approximate surface area is 88.4 Å². The summed E-state index contributed by atoms with van der Waals surface area (Å²) < 4.78 is 0. The summed E-state index contributed by atoms with van der Waals surface area (Å²) in [6.07, 6.45) is 3.63. The van der Waals surface area contributed by atoms with Gasteiger partial charge >= 0.3 is 0 Å². The van der Waals surface area contributed by atoms with E-state index in [1.807, 2.05) is 24.5 Å². The summed E-state index contributed by atoms with van der Waals surface area (Å²) >= 11 is 0. The minimum atomic E-state index is 0.985. The number of pyridine rings is 2. The van der Waals surface area contributed by atoms with Crippen LogP contribution in [-0.2, 0) is 0 Å². The van der Waals surface area contributed by atoms with Crippen molar-refractivity contribution in [3.63, 3.8) is 0 Å². The van der Waals surface area contributed by atoms with E-state index in [2.05, 4.69) is 36.0 Å². The zero-order valence-electron chi connectivity index (χ0n) is 8.44. The highest BCUT2D eigenvalue weighted by molar-refractivity contribution is 6.40. The topological polar surface area (TPSA) is 25.8 Å². The first-order valence-electron chi connectivity index (χ1n) is 4.95. The standard InChI is InChI=1S/C12H9BN2/c13-10-7-8-3-1-5-14-11(8)12-9(10)4-2-6-15-12/h1-7H,13H2. The highest BCUT2D eigenvalue weighted by atomic mass is 14.7. The molecule has 1 aromatic carbocycles. The zero-order chi connectivity index (χ0) is 10.3. The first-order chi connectivity index (χ1) is 7.36. The van der Waals surface area contributed by atoms with Crippen molar-refractivity contribution in [3.8, 4) is 0 Å². The van der Waals surface area contributed by atoms with E-state index < -0.39 is 0 Å². The lowest BCUT2D eigenvalue weighted by Crippen LogP contribution is -2.04. The minimum absolute atomic E-state index is 0.985. The summed E-state index contributed by atoms with van der Waals surface area (Å²) in [6, 6.07) is 10.2. The van der Waals surface area contributed by atoms with Gasteiger partial charge in [-0.3, -0.25) is 9.97 Å². The van der Waals surface area contributed by atoms with Crippen LogP contribution in [0.1, 0.15) is 0 Å². The normalized spacial score (nSPS) is 10.9. The Hall–Kier alpha value is -1.90. The SMILES string of the molecule is Bc1cc2cccnc2c2ncccc12. The molecular weight excluding hydrogens is 183 g/mol. The maximum Gasteiger partial charge on any atom is 0.140 e. The Bertz CT molecular complexity index is 649. The molecule has 0 aliphatic carbocycles. The number of fused-ring (bicyclic) bond motifs is 3. The molecule has 0 unspecified atom stereocenters. The molecule has 0 aliphatic rings. The molecule has 0 bridgehead atoms. The van der Waals surface area contributed by atoms with E-state index in [-0.39, 0.29) is 0 Å². The second-order valence-corrected chi connectivity index (χ2v) is 3.67. The Morgan fingerprint density at radius 1 is 0.933 bits per heavy atom. The predicted molar refractivity (Wildman–Crippen MR) is 65.2 cm³/mol. The molecule has 70 valence electrons. The number of aromatic nitrogens is 2. The fraction of sp³-hybridized carbons (Fsp3) is 0. The smallest absolute Gasteiger partial charge is 0.140 e. The average Bonchev–Trinajstić information content (AvgIpc) is 2.30. The fourth-order valence-electron chi connectivity index (χ4n) is 1.96. The van der Waals surface area contributed by atoms with Crippen LogP contribution in [0.3, 0.4) is 0 Å². The van der Waals surface area contributed by atoms with Crippen LogP contribution >= 0.6 is 0 Å². The summed E-state index contributed by atoms with van der Waals surface area (Å²) in [7, 11) is 2.11. The molecule has 0 aliphatic heterocycles. The zero-order valence-corrected chi connectivity index (χ0v) is 8.44. The van der Waals surface area contributed by atoms with Crippen LogP contribution in [0.2, 0.25) is 0 Å². The largest absolute Gasteiger partial charge is 0.254 e. The van der Waals surface area contributed by atoms with Crippen molar-refractivity contribution in [2.45, 2.75) is 0 Å². The lowest BCUT2D eigenvalue weighted by atomic mass is 9.90. The van der Waals surface area contributed by atoms with E-state index in [0.29, 0.717) is 0 Å². The minimum Gasteiger partial charge on any atom is -0.254 e. The fourth-order valence-corrected chi connectivity index (χ4v) is 1.96. The molecule has 3 heteroatoms. The van der Waals surface area contributed by atoms with Gasteiger partial charge in [-0.1, -0.05) is 23.7 Å². The van der Waals surface area contributed by atoms with Gasteiger partial charge in [-0.05, 0) is 17.5 Å². The number of rotatable bonds is 0. The average molecular weight is 192 g/mol. The van der Waals surface area contributed by atoms with Crippen molar-refractivity contribution in [3.05, 3.63) is 42.7 Å². The predicted octanol–water partition coefficient (Wildman–Crippen LogP) is 1.04. The van der Waals surface area contributed by atoms with Crippen LogP contribution in [0.15, 0.2) is 42.7 Å². The Morgan fingerprint density at radius 2 is 1.67 bits per heavy atom. The van der Waals surface area contributed by atoms with Crippen LogP contribution in [0, 0.1) is 0 Å². The van der Waals surface area contributed by atoms with Gasteiger partial charge in [0.1, 0.15) is 7.85 Å². The van der Waals surface area contributed by atoms with Gasteiger partial charge in [0.2, 0.25) is 0 Å². The molecule has 0 spiro atoms. The molecule has 3 aromatic rings. The van der Waals surface area contributed by atoms with Crippen molar-refractivity contribution < 1.29 is 0 Å². The third-order valence-corrected chi connectivity index (χ3v) is 2.67. The lowest BCUT2D eigenvalue weighted by molar-refractivity contribution is 1.38. The van der Waals surface area contributed by atoms with E-state index in [9.17, 15) is 0 Å². The quantitative estimate of drug-likeness (QED) is 0.392. The molecular formula is C12H9BN2. The van der Waals surface area contributed by atoms with Crippen LogP contribution in [0.25, 0.3) is 21.8 Å². The summed E-state index contributed by atoms with van der Waals surface area (Å²) in [5, 5.41) is 2.34. The number of nitrogens with zero attached hydrogens (tertiary/aromatic N) is 2. The highest BCUT2D eigenvalue weighted by Crippen LogP contribution is 2.18. The molecule has 3 rings (SSSR count). The van der Waals surface area contributed by atoms with Crippen molar-refractivity contribution in [2.24, 2.45) is 0 Å². The monoisotopic (exact) mass is 192 g/mol. The molecule has 0 saturated heterocycles. The number of benzene rings is 1. The third kappa shape index (κ3) is 1.20. The Balaban J connectivity index is 2.64. The maximum absolute atomic E-state index is 4.41. The molecule has 2 heterocycles. The highest BCUT2D eigenvalue weighted by Gasteiger charge is 2.04. The van der Waals surface area contributed by atoms with Gasteiger partial charge in [0, 0.05) is 17.8 Å². The van der Waals surface area contributed by atoms with Gasteiger partial charge in [0.15, 0.2) is 0 Å². The van der Waals surface area contributed by atoms with Crippen LogP contribution in [-0.4, -0.2) is 17.8 Å². The first-order valence-corrected chi connectivity index (χ1v) is 4.95. The summed E-state index contributed by atoms with van der Waals surface area (Å²) in [6.45, 7) is 0. The second-order valence-electron chi connectivity index (χ2n) is 3.67. The summed E-state index contributed by atoms with van der Waals surface area (Å²) in [4.78, 5) is 8.80. The molecule has 0 N–H and O–H groups in total. The van der Waals surface area contributed by atoms with E-state index >= 15 is 0 Å². The molecule has 0 radical (unpaired) electrons. The summed E-state index contributed by atoms with van der Waals surface area (Å²) in [5.41, 5.74) is 3.23. The molecule has 15 heavy (non-hydrogen) atoms. The van der Waals surface area contributed by atoms with Crippen molar-refractivity contribution in [2.75, 3.05) is 0 Å². The molecule has 0 saturated carbocycles. The van der Waals surface area contributed by atoms with E-state index in [1.54, 1.807) is 0 Å². The Morgan fingerprint density at radius 3 is 2.53 bits per heavy atom. The molecule has 0 fully saturated rings. The van der Waals surface area contributed by atoms with Gasteiger partial charge in [0.25, 0.3) is 0 Å². The molecule has 0 atom stereocenters. The van der Waals surface area contributed by atoms with Crippen LogP contribution in [0.4, 0.5) is 0 Å². The van der Waals surface area contributed by atoms with Crippen molar-refractivity contribution in [1.29, 1.82) is 0 Å². The number of hydrogen-bond donors (Lipinski definition) is 0. The van der Waals surface area contributed by atoms with E-state index in [1.165, 1.54) is 10.8 Å². The second kappa shape index (κ2) is 3.06. The first kappa shape index (κ1) is 8.42.